The monoisotopic (exact) mass is 532 g/mol. The molecule has 0 fully saturated rings. The van der Waals surface area contributed by atoms with E-state index >= 15 is 0 Å². The summed E-state index contributed by atoms with van der Waals surface area (Å²) in [6.07, 6.45) is 2.53. The molecule has 0 saturated carbocycles. The van der Waals surface area contributed by atoms with Gasteiger partial charge in [-0.2, -0.15) is 0 Å². The highest BCUT2D eigenvalue weighted by molar-refractivity contribution is 5.22. The summed E-state index contributed by atoms with van der Waals surface area (Å²) >= 11 is 0. The van der Waals surface area contributed by atoms with Crippen molar-refractivity contribution in [2.75, 3.05) is 26.2 Å². The maximum absolute atomic E-state index is 2.45. The predicted molar refractivity (Wildman–Crippen MR) is 111 cm³/mol. The van der Waals surface area contributed by atoms with E-state index in [0.717, 1.165) is 26.2 Å². The van der Waals surface area contributed by atoms with Crippen molar-refractivity contribution in [3.8, 4) is 0 Å². The fraction of sp³-hybridized carbons (Fsp3) is 0.455. The minimum Gasteiger partial charge on any atom is -1.00 e. The van der Waals surface area contributed by atoms with Gasteiger partial charge in [0.05, 0.1) is 26.2 Å². The zero-order valence-corrected chi connectivity index (χ0v) is 21.5. The van der Waals surface area contributed by atoms with Crippen molar-refractivity contribution < 1.29 is 81.8 Å². The molecular formula is C22H40Cl4N4O2. The van der Waals surface area contributed by atoms with Crippen LogP contribution >= 0.6 is 0 Å². The molecule has 4 bridgehead atoms. The molecule has 32 heavy (non-hydrogen) atoms. The second-order valence-electron chi connectivity index (χ2n) is 7.47. The minimum atomic E-state index is 0. The number of hydrogen-bond donors (Lipinski definition) is 4. The molecule has 1 heterocycles. The fourth-order valence-electron chi connectivity index (χ4n) is 3.66. The summed E-state index contributed by atoms with van der Waals surface area (Å²) in [5.41, 5.74) is 5.83. The summed E-state index contributed by atoms with van der Waals surface area (Å²) in [5.74, 6) is 0. The highest BCUT2D eigenvalue weighted by atomic mass is 35.5. The van der Waals surface area contributed by atoms with Gasteiger partial charge in [-0.15, -0.1) is 0 Å². The van der Waals surface area contributed by atoms with Crippen molar-refractivity contribution in [2.24, 2.45) is 0 Å². The summed E-state index contributed by atoms with van der Waals surface area (Å²) in [4.78, 5) is 0. The van der Waals surface area contributed by atoms with E-state index in [2.05, 4.69) is 69.8 Å². The molecule has 12 N–H and O–H groups in total. The van der Waals surface area contributed by atoms with Crippen LogP contribution in [0, 0.1) is 0 Å². The topological polar surface area (TPSA) is 129 Å². The largest absolute Gasteiger partial charge is 1.00 e. The van der Waals surface area contributed by atoms with Crippen LogP contribution in [0.1, 0.15) is 35.1 Å². The Morgan fingerprint density at radius 1 is 0.438 bits per heavy atom. The molecule has 3 rings (SSSR count). The molecule has 0 aromatic heterocycles. The van der Waals surface area contributed by atoms with Gasteiger partial charge in [-0.1, -0.05) is 36.4 Å². The molecular weight excluding hydrogens is 494 g/mol. The SMILES string of the molecule is O.O.[Cl-].[Cl-].[Cl-].[Cl-].c1cc2cc(c1)C[NH2+]CCC[NH2+]Cc1cccc(c1)C[NH2+]CCC[NH2+]C2. The molecule has 6 nitrogen and oxygen atoms in total. The van der Waals surface area contributed by atoms with E-state index in [1.165, 1.54) is 61.3 Å². The molecule has 0 atom stereocenters. The lowest BCUT2D eigenvalue weighted by atomic mass is 10.1. The zero-order valence-electron chi connectivity index (χ0n) is 18.5. The van der Waals surface area contributed by atoms with Crippen molar-refractivity contribution in [3.63, 3.8) is 0 Å². The van der Waals surface area contributed by atoms with Crippen LogP contribution in [-0.4, -0.2) is 37.1 Å². The summed E-state index contributed by atoms with van der Waals surface area (Å²) < 4.78 is 0. The van der Waals surface area contributed by atoms with Crippen LogP contribution in [0.25, 0.3) is 0 Å². The molecule has 0 saturated heterocycles. The second-order valence-corrected chi connectivity index (χ2v) is 7.47. The Labute approximate surface area is 217 Å². The average molecular weight is 534 g/mol. The van der Waals surface area contributed by atoms with Crippen LogP contribution in [0.3, 0.4) is 0 Å². The molecule has 188 valence electrons. The Balaban J connectivity index is -0.000000653. The van der Waals surface area contributed by atoms with Crippen LogP contribution in [0.15, 0.2) is 48.5 Å². The summed E-state index contributed by atoms with van der Waals surface area (Å²) in [5, 5.41) is 9.80. The molecule has 0 amide bonds. The number of halogens is 4. The number of quaternary nitrogens is 4. The number of hydrogen-bond acceptors (Lipinski definition) is 0. The van der Waals surface area contributed by atoms with Gasteiger partial charge in [0.15, 0.2) is 0 Å². The first-order valence-electron chi connectivity index (χ1n) is 10.3. The highest BCUT2D eigenvalue weighted by Gasteiger charge is 2.04. The molecule has 1 aliphatic rings. The number of fused-ring (bicyclic) bond motifs is 4. The van der Waals surface area contributed by atoms with Crippen LogP contribution < -0.4 is 70.9 Å². The number of nitrogens with two attached hydrogens (primary N) is 4. The van der Waals surface area contributed by atoms with Gasteiger partial charge in [-0.05, 0) is 12.1 Å². The lowest BCUT2D eigenvalue weighted by molar-refractivity contribution is -0.696. The lowest BCUT2D eigenvalue weighted by Crippen LogP contribution is -3.00. The van der Waals surface area contributed by atoms with Crippen molar-refractivity contribution in [3.05, 3.63) is 70.8 Å². The van der Waals surface area contributed by atoms with Gasteiger partial charge in [0.2, 0.25) is 0 Å². The van der Waals surface area contributed by atoms with E-state index < -0.39 is 0 Å². The van der Waals surface area contributed by atoms with Gasteiger partial charge in [-0.25, -0.2) is 0 Å². The Kier molecular flexibility index (Phi) is 28.4. The first-order chi connectivity index (χ1) is 12.9. The highest BCUT2D eigenvalue weighted by Crippen LogP contribution is 2.03. The van der Waals surface area contributed by atoms with Crippen molar-refractivity contribution in [1.82, 2.24) is 0 Å². The van der Waals surface area contributed by atoms with Crippen molar-refractivity contribution >= 4 is 0 Å². The van der Waals surface area contributed by atoms with Crippen LogP contribution in [0.4, 0.5) is 0 Å². The molecule has 2 aromatic rings. The van der Waals surface area contributed by atoms with Crippen molar-refractivity contribution in [1.29, 1.82) is 0 Å². The van der Waals surface area contributed by atoms with Gasteiger partial charge >= 0.3 is 0 Å². The normalized spacial score (nSPS) is 14.8. The first kappa shape index (κ1) is 38.6. The second kappa shape index (κ2) is 23.5. The van der Waals surface area contributed by atoms with Crippen molar-refractivity contribution in [2.45, 2.75) is 39.0 Å². The molecule has 2 aromatic carbocycles. The van der Waals surface area contributed by atoms with Gasteiger partial charge in [0.25, 0.3) is 0 Å². The minimum absolute atomic E-state index is 0. The maximum atomic E-state index is 2.45. The molecule has 10 heteroatoms. The third-order valence-electron chi connectivity index (χ3n) is 5.14. The number of benzene rings is 2. The molecule has 0 unspecified atom stereocenters. The Hall–Kier alpha value is -0.640. The lowest BCUT2D eigenvalue weighted by Gasteiger charge is -2.07. The molecule has 0 radical (unpaired) electrons. The zero-order chi connectivity index (χ0) is 17.9. The van der Waals surface area contributed by atoms with Crippen LogP contribution in [0.5, 0.6) is 0 Å². The summed E-state index contributed by atoms with van der Waals surface area (Å²) in [7, 11) is 0. The number of rotatable bonds is 0. The third kappa shape index (κ3) is 15.2. The average Bonchev–Trinajstić information content (AvgIpc) is 2.66. The van der Waals surface area contributed by atoms with Gasteiger partial charge < -0.3 is 81.8 Å². The van der Waals surface area contributed by atoms with E-state index in [9.17, 15) is 0 Å². The Morgan fingerprint density at radius 2 is 0.688 bits per heavy atom. The van der Waals surface area contributed by atoms with Crippen LogP contribution in [-0.2, 0) is 26.2 Å². The summed E-state index contributed by atoms with van der Waals surface area (Å²) in [6, 6.07) is 18.3. The van der Waals surface area contributed by atoms with Crippen LogP contribution in [0.2, 0.25) is 0 Å². The third-order valence-corrected chi connectivity index (χ3v) is 5.14. The van der Waals surface area contributed by atoms with E-state index in [1.807, 2.05) is 0 Å². The van der Waals surface area contributed by atoms with E-state index in [0.29, 0.717) is 0 Å². The van der Waals surface area contributed by atoms with Gasteiger partial charge in [0.1, 0.15) is 26.2 Å². The smallest absolute Gasteiger partial charge is 0.101 e. The first-order valence-corrected chi connectivity index (χ1v) is 10.3. The summed E-state index contributed by atoms with van der Waals surface area (Å²) in [6.45, 7) is 9.25. The Bertz CT molecular complexity index is 580. The van der Waals surface area contributed by atoms with E-state index in [1.54, 1.807) is 0 Å². The molecule has 0 spiro atoms. The molecule has 1 aliphatic heterocycles. The standard InChI is InChI=1S/C22H32N4.4ClH.2H2O/c1-5-19-13-20(6-1)16-24-10-4-12-26-18-22-8-2-7-21(14-22)17-25-11-3-9-23-15-19;;;;;;/h1-2,5-8,13-14,23-26H,3-4,9-12,15-18H2;4*1H;2*1H2. The Morgan fingerprint density at radius 3 is 0.938 bits per heavy atom. The van der Waals surface area contributed by atoms with E-state index in [4.69, 9.17) is 0 Å². The van der Waals surface area contributed by atoms with Gasteiger partial charge in [0, 0.05) is 35.1 Å². The predicted octanol–water partition coefficient (Wildman–Crippen LogP) is -15.2. The quantitative estimate of drug-likeness (QED) is 0.256. The fourth-order valence-corrected chi connectivity index (χ4v) is 3.66. The van der Waals surface area contributed by atoms with E-state index in [-0.39, 0.29) is 60.6 Å². The molecule has 0 aliphatic carbocycles. The van der Waals surface area contributed by atoms with Gasteiger partial charge in [-0.3, -0.25) is 0 Å². The maximum Gasteiger partial charge on any atom is 0.101 e.